The van der Waals surface area contributed by atoms with Crippen LogP contribution in [0.1, 0.15) is 27.2 Å². The average molecular weight is 472 g/mol. The SMILES string of the molecule is COc1cc(NC(=O)C(=O)NC(C)(C)C(=O)N2CCC(N(C)C(C)=O)C2)ccc1-c1cnco1. The molecule has 34 heavy (non-hydrogen) atoms. The summed E-state index contributed by atoms with van der Waals surface area (Å²) in [6.45, 7) is 5.39. The van der Waals surface area contributed by atoms with Crippen LogP contribution in [0.3, 0.4) is 0 Å². The van der Waals surface area contributed by atoms with Gasteiger partial charge in [-0.1, -0.05) is 0 Å². The maximum absolute atomic E-state index is 13.0. The largest absolute Gasteiger partial charge is 0.496 e. The number of oxazole rings is 1. The summed E-state index contributed by atoms with van der Waals surface area (Å²) in [6.07, 6.45) is 3.48. The predicted octanol–water partition coefficient (Wildman–Crippen LogP) is 1.26. The van der Waals surface area contributed by atoms with E-state index in [0.29, 0.717) is 42.3 Å². The summed E-state index contributed by atoms with van der Waals surface area (Å²) in [5.41, 5.74) is -0.348. The predicted molar refractivity (Wildman–Crippen MR) is 123 cm³/mol. The van der Waals surface area contributed by atoms with Crippen LogP contribution in [-0.2, 0) is 19.2 Å². The molecule has 0 bridgehead atoms. The molecule has 0 spiro atoms. The second kappa shape index (κ2) is 9.94. The van der Waals surface area contributed by atoms with Crippen molar-refractivity contribution in [3.8, 4) is 17.1 Å². The minimum Gasteiger partial charge on any atom is -0.496 e. The molecule has 2 N–H and O–H groups in total. The molecule has 11 heteroatoms. The first-order valence-electron chi connectivity index (χ1n) is 10.8. The number of carbonyl (C=O) groups is 4. The van der Waals surface area contributed by atoms with E-state index in [1.165, 1.54) is 40.5 Å². The second-order valence-electron chi connectivity index (χ2n) is 8.64. The Morgan fingerprint density at radius 2 is 1.97 bits per heavy atom. The highest BCUT2D eigenvalue weighted by atomic mass is 16.5. The van der Waals surface area contributed by atoms with Gasteiger partial charge in [-0.2, -0.15) is 0 Å². The first-order chi connectivity index (χ1) is 16.0. The van der Waals surface area contributed by atoms with Gasteiger partial charge in [-0.25, -0.2) is 4.98 Å². The number of carbonyl (C=O) groups excluding carboxylic acids is 4. The van der Waals surface area contributed by atoms with E-state index in [1.807, 2.05) is 0 Å². The first kappa shape index (κ1) is 24.7. The van der Waals surface area contributed by atoms with Crippen molar-refractivity contribution < 1.29 is 28.3 Å². The lowest BCUT2D eigenvalue weighted by atomic mass is 10.0. The van der Waals surface area contributed by atoms with Gasteiger partial charge in [-0.05, 0) is 32.4 Å². The summed E-state index contributed by atoms with van der Waals surface area (Å²) in [7, 11) is 3.17. The Labute approximate surface area is 197 Å². The van der Waals surface area contributed by atoms with Crippen LogP contribution >= 0.6 is 0 Å². The number of rotatable bonds is 6. The maximum Gasteiger partial charge on any atom is 0.313 e. The molecule has 3 rings (SSSR count). The first-order valence-corrected chi connectivity index (χ1v) is 10.8. The summed E-state index contributed by atoms with van der Waals surface area (Å²) in [5, 5.41) is 5.01. The van der Waals surface area contributed by atoms with Gasteiger partial charge in [0.25, 0.3) is 0 Å². The van der Waals surface area contributed by atoms with E-state index in [1.54, 1.807) is 35.0 Å². The molecule has 4 amide bonds. The molecule has 1 saturated heterocycles. The van der Waals surface area contributed by atoms with Crippen LogP contribution in [0.5, 0.6) is 5.75 Å². The third kappa shape index (κ3) is 5.36. The van der Waals surface area contributed by atoms with Gasteiger partial charge in [0.2, 0.25) is 11.8 Å². The van der Waals surface area contributed by atoms with Gasteiger partial charge in [0.05, 0.1) is 24.9 Å². The number of benzene rings is 1. The number of ether oxygens (including phenoxy) is 1. The topological polar surface area (TPSA) is 134 Å². The Morgan fingerprint density at radius 1 is 1.24 bits per heavy atom. The summed E-state index contributed by atoms with van der Waals surface area (Å²) in [4.78, 5) is 56.7. The van der Waals surface area contributed by atoms with Crippen LogP contribution in [0.15, 0.2) is 35.2 Å². The normalized spacial score (nSPS) is 15.6. The molecule has 0 saturated carbocycles. The zero-order valence-corrected chi connectivity index (χ0v) is 19.9. The number of likely N-dealkylation sites (N-methyl/N-ethyl adjacent to an activating group) is 1. The van der Waals surface area contributed by atoms with Gasteiger partial charge in [0.15, 0.2) is 12.2 Å². The Morgan fingerprint density at radius 3 is 2.59 bits per heavy atom. The van der Waals surface area contributed by atoms with E-state index in [4.69, 9.17) is 9.15 Å². The number of hydrogen-bond donors (Lipinski definition) is 2. The van der Waals surface area contributed by atoms with E-state index in [-0.39, 0.29) is 17.9 Å². The monoisotopic (exact) mass is 471 g/mol. The fourth-order valence-electron chi connectivity index (χ4n) is 3.80. The molecule has 1 atom stereocenters. The van der Waals surface area contributed by atoms with E-state index < -0.39 is 17.4 Å². The van der Waals surface area contributed by atoms with Crippen molar-refractivity contribution in [3.63, 3.8) is 0 Å². The second-order valence-corrected chi connectivity index (χ2v) is 8.64. The average Bonchev–Trinajstić information content (AvgIpc) is 3.50. The number of likely N-dealkylation sites (tertiary alicyclic amines) is 1. The van der Waals surface area contributed by atoms with Crippen molar-refractivity contribution in [2.24, 2.45) is 0 Å². The lowest BCUT2D eigenvalue weighted by Crippen LogP contribution is -2.57. The maximum atomic E-state index is 13.0. The van der Waals surface area contributed by atoms with Crippen LogP contribution in [0.25, 0.3) is 11.3 Å². The summed E-state index contributed by atoms with van der Waals surface area (Å²) >= 11 is 0. The van der Waals surface area contributed by atoms with Crippen molar-refractivity contribution in [1.82, 2.24) is 20.1 Å². The molecule has 0 aliphatic carbocycles. The molecule has 2 aromatic rings. The Bertz CT molecular complexity index is 1080. The number of methoxy groups -OCH3 is 1. The molecule has 1 aliphatic rings. The lowest BCUT2D eigenvalue weighted by Gasteiger charge is -2.30. The molecule has 1 aliphatic heterocycles. The van der Waals surface area contributed by atoms with Gasteiger partial charge in [-0.15, -0.1) is 0 Å². The number of anilines is 1. The van der Waals surface area contributed by atoms with Crippen LogP contribution in [0, 0.1) is 0 Å². The van der Waals surface area contributed by atoms with Crippen LogP contribution < -0.4 is 15.4 Å². The van der Waals surface area contributed by atoms with Gasteiger partial charge >= 0.3 is 11.8 Å². The molecule has 1 fully saturated rings. The van der Waals surface area contributed by atoms with Crippen molar-refractivity contribution in [2.45, 2.75) is 38.8 Å². The summed E-state index contributed by atoms with van der Waals surface area (Å²) in [6, 6.07) is 4.74. The van der Waals surface area contributed by atoms with Gasteiger partial charge in [0, 0.05) is 38.8 Å². The smallest absolute Gasteiger partial charge is 0.313 e. The number of hydrogen-bond acceptors (Lipinski definition) is 7. The van der Waals surface area contributed by atoms with Crippen LogP contribution in [0.2, 0.25) is 0 Å². The zero-order chi connectivity index (χ0) is 25.0. The van der Waals surface area contributed by atoms with Gasteiger partial charge in [-0.3, -0.25) is 19.2 Å². The van der Waals surface area contributed by atoms with Crippen LogP contribution in [0.4, 0.5) is 5.69 Å². The zero-order valence-electron chi connectivity index (χ0n) is 19.9. The molecule has 1 unspecified atom stereocenters. The molecule has 0 radical (unpaired) electrons. The summed E-state index contributed by atoms with van der Waals surface area (Å²) < 4.78 is 10.6. The molecular weight excluding hydrogens is 442 g/mol. The third-order valence-electron chi connectivity index (χ3n) is 5.82. The molecule has 182 valence electrons. The number of nitrogens with one attached hydrogen (secondary N) is 2. The van der Waals surface area contributed by atoms with Gasteiger partial charge in [0.1, 0.15) is 11.3 Å². The van der Waals surface area contributed by atoms with Crippen LogP contribution in [-0.4, -0.2) is 77.2 Å². The fraction of sp³-hybridized carbons (Fsp3) is 0.435. The van der Waals surface area contributed by atoms with E-state index in [2.05, 4.69) is 15.6 Å². The standard InChI is InChI=1S/C23H29N5O6/c1-14(29)27(4)16-8-9-28(12-16)22(32)23(2,3)26-21(31)20(30)25-15-6-7-17(18(10-15)33-5)19-11-24-13-34-19/h6-7,10-11,13,16H,8-9,12H2,1-5H3,(H,25,30)(H,26,31). The molecule has 1 aromatic heterocycles. The number of nitrogens with zero attached hydrogens (tertiary/aromatic N) is 3. The molecule has 1 aromatic carbocycles. The lowest BCUT2D eigenvalue weighted by molar-refractivity contribution is -0.143. The quantitative estimate of drug-likeness (QED) is 0.606. The Balaban J connectivity index is 1.62. The van der Waals surface area contributed by atoms with Crippen molar-refractivity contribution in [2.75, 3.05) is 32.6 Å². The summed E-state index contributed by atoms with van der Waals surface area (Å²) in [5.74, 6) is -1.37. The van der Waals surface area contributed by atoms with Gasteiger partial charge < -0.3 is 29.6 Å². The molecule has 11 nitrogen and oxygen atoms in total. The highest BCUT2D eigenvalue weighted by Gasteiger charge is 2.39. The number of aromatic nitrogens is 1. The Kier molecular flexibility index (Phi) is 7.23. The fourth-order valence-corrected chi connectivity index (χ4v) is 3.80. The minimum absolute atomic E-state index is 0.0750. The van der Waals surface area contributed by atoms with Crippen molar-refractivity contribution >= 4 is 29.3 Å². The molecule has 2 heterocycles. The highest BCUT2D eigenvalue weighted by Crippen LogP contribution is 2.32. The van der Waals surface area contributed by atoms with Crippen molar-refractivity contribution in [3.05, 3.63) is 30.8 Å². The molecular formula is C23H29N5O6. The number of amides is 4. The van der Waals surface area contributed by atoms with Crippen molar-refractivity contribution in [1.29, 1.82) is 0 Å². The van der Waals surface area contributed by atoms with E-state index in [9.17, 15) is 19.2 Å². The Hall–Kier alpha value is -3.89. The van der Waals surface area contributed by atoms with E-state index in [0.717, 1.165) is 0 Å². The van der Waals surface area contributed by atoms with E-state index >= 15 is 0 Å². The third-order valence-corrected chi connectivity index (χ3v) is 5.82. The highest BCUT2D eigenvalue weighted by molar-refractivity contribution is 6.40. The minimum atomic E-state index is -1.31.